The molecule has 3 N–H and O–H groups in total. The highest BCUT2D eigenvalue weighted by molar-refractivity contribution is 7.99. The molecule has 1 aromatic carbocycles. The second kappa shape index (κ2) is 8.81. The summed E-state index contributed by atoms with van der Waals surface area (Å²) < 4.78 is 0. The maximum atomic E-state index is 6.13. The highest BCUT2D eigenvalue weighted by Gasteiger charge is 2.12. The lowest BCUT2D eigenvalue weighted by molar-refractivity contribution is 0.408. The van der Waals surface area contributed by atoms with Crippen LogP contribution in [0.15, 0.2) is 29.2 Å². The molecule has 0 aliphatic heterocycles. The minimum atomic E-state index is 0.341. The monoisotopic (exact) mass is 286 g/mol. The molecule has 1 aromatic rings. The summed E-state index contributed by atoms with van der Waals surface area (Å²) in [6.07, 6.45) is 3.60. The number of nitrogens with one attached hydrogen (secondary N) is 1. The summed E-state index contributed by atoms with van der Waals surface area (Å²) in [4.78, 5) is 1.13. The summed E-state index contributed by atoms with van der Waals surface area (Å²) in [6, 6.07) is 8.28. The van der Waals surface area contributed by atoms with Crippen LogP contribution in [0.2, 0.25) is 5.02 Å². The summed E-state index contributed by atoms with van der Waals surface area (Å²) in [6.45, 7) is 4.51. The standard InChI is InChI=1S/C14H23ClN2S/c1-3-6-11(2)9-12(17-16)10-18-14-8-5-4-7-13(14)15/h4-5,7-8,11-12,17H,3,6,9-10,16H2,1-2H3. The minimum absolute atomic E-state index is 0.341. The fraction of sp³-hybridized carbons (Fsp3) is 0.571. The molecule has 102 valence electrons. The van der Waals surface area contributed by atoms with Gasteiger partial charge in [-0.2, -0.15) is 0 Å². The quantitative estimate of drug-likeness (QED) is 0.429. The first-order valence-corrected chi connectivity index (χ1v) is 7.87. The van der Waals surface area contributed by atoms with Gasteiger partial charge >= 0.3 is 0 Å². The van der Waals surface area contributed by atoms with Crippen molar-refractivity contribution in [2.45, 2.75) is 44.0 Å². The second-order valence-corrected chi connectivity index (χ2v) is 6.20. The van der Waals surface area contributed by atoms with Crippen LogP contribution in [-0.2, 0) is 0 Å². The van der Waals surface area contributed by atoms with Crippen molar-refractivity contribution in [3.05, 3.63) is 29.3 Å². The molecule has 0 amide bonds. The number of thioether (sulfide) groups is 1. The number of nitrogens with two attached hydrogens (primary N) is 1. The van der Waals surface area contributed by atoms with E-state index in [4.69, 9.17) is 17.4 Å². The van der Waals surface area contributed by atoms with E-state index in [-0.39, 0.29) is 0 Å². The lowest BCUT2D eigenvalue weighted by Crippen LogP contribution is -2.38. The molecule has 0 aromatic heterocycles. The Labute approximate surface area is 120 Å². The summed E-state index contributed by atoms with van der Waals surface area (Å²) in [7, 11) is 0. The van der Waals surface area contributed by atoms with E-state index in [1.807, 2.05) is 18.2 Å². The van der Waals surface area contributed by atoms with Crippen LogP contribution in [0, 0.1) is 5.92 Å². The molecule has 1 rings (SSSR count). The molecule has 0 bridgehead atoms. The van der Waals surface area contributed by atoms with Gasteiger partial charge in [-0.25, -0.2) is 0 Å². The van der Waals surface area contributed by atoms with Crippen LogP contribution >= 0.6 is 23.4 Å². The van der Waals surface area contributed by atoms with Crippen molar-refractivity contribution in [1.82, 2.24) is 5.43 Å². The Morgan fingerprint density at radius 1 is 1.39 bits per heavy atom. The lowest BCUT2D eigenvalue weighted by atomic mass is 9.98. The van der Waals surface area contributed by atoms with Crippen LogP contribution in [0.5, 0.6) is 0 Å². The van der Waals surface area contributed by atoms with Crippen molar-refractivity contribution >= 4 is 23.4 Å². The fourth-order valence-electron chi connectivity index (χ4n) is 2.03. The summed E-state index contributed by atoms with van der Waals surface area (Å²) in [5.74, 6) is 7.29. The van der Waals surface area contributed by atoms with Gasteiger partial charge in [0.2, 0.25) is 0 Å². The SMILES string of the molecule is CCCC(C)CC(CSc1ccccc1Cl)NN. The zero-order valence-corrected chi connectivity index (χ0v) is 12.7. The predicted molar refractivity (Wildman–Crippen MR) is 82.0 cm³/mol. The van der Waals surface area contributed by atoms with Gasteiger partial charge in [0.1, 0.15) is 0 Å². The van der Waals surface area contributed by atoms with Crippen molar-refractivity contribution in [3.8, 4) is 0 Å². The topological polar surface area (TPSA) is 38.0 Å². The Bertz CT molecular complexity index is 346. The smallest absolute Gasteiger partial charge is 0.0541 e. The summed E-state index contributed by atoms with van der Waals surface area (Å²) in [5.41, 5.74) is 2.92. The first-order valence-electron chi connectivity index (χ1n) is 6.50. The maximum Gasteiger partial charge on any atom is 0.0541 e. The Morgan fingerprint density at radius 2 is 2.11 bits per heavy atom. The van der Waals surface area contributed by atoms with E-state index in [1.165, 1.54) is 12.8 Å². The molecule has 2 atom stereocenters. The molecule has 4 heteroatoms. The van der Waals surface area contributed by atoms with Gasteiger partial charge in [0.05, 0.1) is 5.02 Å². The van der Waals surface area contributed by atoms with E-state index >= 15 is 0 Å². The molecule has 18 heavy (non-hydrogen) atoms. The molecular formula is C14H23ClN2S. The minimum Gasteiger partial charge on any atom is -0.271 e. The van der Waals surface area contributed by atoms with Crippen LogP contribution in [0.25, 0.3) is 0 Å². The van der Waals surface area contributed by atoms with Gasteiger partial charge in [-0.05, 0) is 24.5 Å². The molecule has 0 fully saturated rings. The third-order valence-corrected chi connectivity index (χ3v) is 4.66. The molecule has 0 spiro atoms. The number of rotatable bonds is 8. The zero-order chi connectivity index (χ0) is 13.4. The molecule has 0 radical (unpaired) electrons. The maximum absolute atomic E-state index is 6.13. The molecule has 2 unspecified atom stereocenters. The van der Waals surface area contributed by atoms with Crippen LogP contribution in [-0.4, -0.2) is 11.8 Å². The van der Waals surface area contributed by atoms with E-state index in [9.17, 15) is 0 Å². The third kappa shape index (κ3) is 5.61. The lowest BCUT2D eigenvalue weighted by Gasteiger charge is -2.19. The van der Waals surface area contributed by atoms with Crippen molar-refractivity contribution in [1.29, 1.82) is 0 Å². The van der Waals surface area contributed by atoms with Crippen LogP contribution < -0.4 is 11.3 Å². The Balaban J connectivity index is 2.42. The number of hydrazine groups is 1. The number of hydrogen-bond acceptors (Lipinski definition) is 3. The Hall–Kier alpha value is -0.220. The number of hydrogen-bond donors (Lipinski definition) is 2. The van der Waals surface area contributed by atoms with Crippen LogP contribution in [0.1, 0.15) is 33.1 Å². The molecule has 0 saturated carbocycles. The van der Waals surface area contributed by atoms with Gasteiger partial charge in [-0.3, -0.25) is 11.3 Å². The molecule has 2 nitrogen and oxygen atoms in total. The number of benzene rings is 1. The first-order chi connectivity index (χ1) is 8.67. The third-order valence-electron chi connectivity index (χ3n) is 2.98. The van der Waals surface area contributed by atoms with Gasteiger partial charge in [0, 0.05) is 16.7 Å². The number of halogens is 1. The van der Waals surface area contributed by atoms with Gasteiger partial charge in [0.25, 0.3) is 0 Å². The fourth-order valence-corrected chi connectivity index (χ4v) is 3.33. The second-order valence-electron chi connectivity index (χ2n) is 4.73. The molecule has 0 saturated heterocycles. The summed E-state index contributed by atoms with van der Waals surface area (Å²) >= 11 is 7.90. The predicted octanol–water partition coefficient (Wildman–Crippen LogP) is 4.09. The molecule has 0 aliphatic rings. The average molecular weight is 287 g/mol. The molecule has 0 aliphatic carbocycles. The summed E-state index contributed by atoms with van der Waals surface area (Å²) in [5, 5.41) is 0.819. The van der Waals surface area contributed by atoms with Gasteiger partial charge in [-0.15, -0.1) is 11.8 Å². The highest BCUT2D eigenvalue weighted by Crippen LogP contribution is 2.28. The Kier molecular flexibility index (Phi) is 7.75. The van der Waals surface area contributed by atoms with Crippen LogP contribution in [0.4, 0.5) is 0 Å². The van der Waals surface area contributed by atoms with Gasteiger partial charge in [0.15, 0.2) is 0 Å². The van der Waals surface area contributed by atoms with Crippen molar-refractivity contribution < 1.29 is 0 Å². The van der Waals surface area contributed by atoms with E-state index in [0.29, 0.717) is 12.0 Å². The average Bonchev–Trinajstić information content (AvgIpc) is 2.36. The van der Waals surface area contributed by atoms with E-state index < -0.39 is 0 Å². The van der Waals surface area contributed by atoms with Crippen molar-refractivity contribution in [2.75, 3.05) is 5.75 Å². The zero-order valence-electron chi connectivity index (χ0n) is 11.2. The van der Waals surface area contributed by atoms with Gasteiger partial charge < -0.3 is 0 Å². The van der Waals surface area contributed by atoms with Gasteiger partial charge in [-0.1, -0.05) is 50.4 Å². The largest absolute Gasteiger partial charge is 0.271 e. The van der Waals surface area contributed by atoms with E-state index in [0.717, 1.165) is 22.1 Å². The Morgan fingerprint density at radius 3 is 2.72 bits per heavy atom. The van der Waals surface area contributed by atoms with Crippen LogP contribution in [0.3, 0.4) is 0 Å². The van der Waals surface area contributed by atoms with Crippen molar-refractivity contribution in [3.63, 3.8) is 0 Å². The highest BCUT2D eigenvalue weighted by atomic mass is 35.5. The first kappa shape index (κ1) is 15.8. The van der Waals surface area contributed by atoms with E-state index in [1.54, 1.807) is 11.8 Å². The molecular weight excluding hydrogens is 264 g/mol. The molecule has 0 heterocycles. The van der Waals surface area contributed by atoms with Crippen molar-refractivity contribution in [2.24, 2.45) is 11.8 Å². The normalized spacial score (nSPS) is 14.4. The van der Waals surface area contributed by atoms with E-state index in [2.05, 4.69) is 25.3 Å².